The van der Waals surface area contributed by atoms with E-state index in [0.717, 1.165) is 37.3 Å². The number of aromatic nitrogens is 2. The number of thioether (sulfide) groups is 1. The molecule has 0 aliphatic carbocycles. The molecule has 3 fully saturated rings. The number of fused-ring (bicyclic) bond motifs is 3. The molecule has 0 unspecified atom stereocenters. The third-order valence-corrected chi connectivity index (χ3v) is 8.46. The molecule has 0 saturated carbocycles. The number of nitrogens with zero attached hydrogens (tertiary/aromatic N) is 4. The van der Waals surface area contributed by atoms with E-state index in [0.29, 0.717) is 46.5 Å². The Bertz CT molecular complexity index is 1470. The summed E-state index contributed by atoms with van der Waals surface area (Å²) in [6.07, 6.45) is -0.181. The highest BCUT2D eigenvalue weighted by atomic mass is 35.5. The van der Waals surface area contributed by atoms with Crippen molar-refractivity contribution in [3.8, 4) is 0 Å². The molecule has 12 heteroatoms. The second kappa shape index (κ2) is 9.71. The third kappa shape index (κ3) is 4.84. The maximum atomic E-state index is 13.5. The maximum Gasteiger partial charge on any atom is 0.416 e. The summed E-state index contributed by atoms with van der Waals surface area (Å²) in [7, 11) is 0. The van der Waals surface area contributed by atoms with Gasteiger partial charge in [-0.2, -0.15) is 18.3 Å². The van der Waals surface area contributed by atoms with Crippen molar-refractivity contribution < 1.29 is 22.8 Å². The van der Waals surface area contributed by atoms with Crippen LogP contribution in [0, 0.1) is 0 Å². The molecule has 2 amide bonds. The van der Waals surface area contributed by atoms with E-state index in [2.05, 4.69) is 15.3 Å². The molecule has 3 aliphatic heterocycles. The van der Waals surface area contributed by atoms with Crippen LogP contribution in [0.5, 0.6) is 0 Å². The fourth-order valence-corrected chi connectivity index (χ4v) is 6.46. The topological polar surface area (TPSA) is 70.5 Å². The summed E-state index contributed by atoms with van der Waals surface area (Å²) in [6, 6.07) is 9.99. The van der Waals surface area contributed by atoms with E-state index < -0.39 is 11.7 Å². The van der Waals surface area contributed by atoms with E-state index in [1.807, 2.05) is 0 Å². The summed E-state index contributed by atoms with van der Waals surface area (Å²) in [5, 5.41) is 8.17. The van der Waals surface area contributed by atoms with Gasteiger partial charge in [-0.05, 0) is 59.7 Å². The van der Waals surface area contributed by atoms with Gasteiger partial charge in [-0.25, -0.2) is 0 Å². The zero-order chi connectivity index (χ0) is 26.6. The molecule has 6 rings (SSSR count). The highest BCUT2D eigenvalue weighted by molar-refractivity contribution is 8.18. The Labute approximate surface area is 225 Å². The lowest BCUT2D eigenvalue weighted by molar-refractivity contribution is -0.138. The predicted molar refractivity (Wildman–Crippen MR) is 140 cm³/mol. The highest BCUT2D eigenvalue weighted by Crippen LogP contribution is 2.35. The minimum Gasteiger partial charge on any atom is -0.311 e. The van der Waals surface area contributed by atoms with E-state index in [9.17, 15) is 22.8 Å². The number of likely N-dealkylation sites (tertiary alicyclic amines) is 1. The molecule has 4 heterocycles. The van der Waals surface area contributed by atoms with Crippen molar-refractivity contribution in [1.29, 1.82) is 0 Å². The number of halogens is 4. The summed E-state index contributed by atoms with van der Waals surface area (Å²) in [5.41, 5.74) is 0.609. The standard InChI is InChI=1S/C26H23ClF3N5O2S/c27-18-3-2-16(21(9-18)26(28,29)30)13-35-22-4-1-15(7-17(22)11-32-35)8-23-24(36)34(25(37)38-23)6-5-33-14-19-10-20(33)12-31-19/h1-4,7-9,11,19-20,31H,5-6,10,12-14H2/t19-,20-/m0/s1. The van der Waals surface area contributed by atoms with Crippen LogP contribution < -0.4 is 5.32 Å². The Morgan fingerprint density at radius 2 is 2.00 bits per heavy atom. The van der Waals surface area contributed by atoms with Crippen LogP contribution in [0.2, 0.25) is 5.02 Å². The molecule has 3 saturated heterocycles. The fourth-order valence-electron chi connectivity index (χ4n) is 5.43. The van der Waals surface area contributed by atoms with E-state index >= 15 is 0 Å². The van der Waals surface area contributed by atoms with Crippen LogP contribution in [0.3, 0.4) is 0 Å². The number of carbonyl (C=O) groups is 2. The first kappa shape index (κ1) is 25.4. The van der Waals surface area contributed by atoms with Crippen LogP contribution in [0.1, 0.15) is 23.1 Å². The Morgan fingerprint density at radius 1 is 1.16 bits per heavy atom. The van der Waals surface area contributed by atoms with Crippen molar-refractivity contribution in [2.75, 3.05) is 26.2 Å². The van der Waals surface area contributed by atoms with Crippen molar-refractivity contribution in [3.63, 3.8) is 0 Å². The van der Waals surface area contributed by atoms with E-state index in [1.54, 1.807) is 30.5 Å². The number of amides is 2. The zero-order valence-corrected chi connectivity index (χ0v) is 21.6. The first-order chi connectivity index (χ1) is 18.2. The monoisotopic (exact) mass is 561 g/mol. The van der Waals surface area contributed by atoms with Crippen LogP contribution in [0.15, 0.2) is 47.5 Å². The molecule has 1 aromatic heterocycles. The van der Waals surface area contributed by atoms with Gasteiger partial charge in [-0.3, -0.25) is 24.1 Å². The number of alkyl halides is 3. The molecular weight excluding hydrogens is 539 g/mol. The molecule has 0 spiro atoms. The van der Waals surface area contributed by atoms with E-state index in [-0.39, 0.29) is 28.3 Å². The summed E-state index contributed by atoms with van der Waals surface area (Å²) in [4.78, 5) is 29.5. The van der Waals surface area contributed by atoms with Gasteiger partial charge in [0.05, 0.1) is 28.7 Å². The molecule has 2 atom stereocenters. The molecule has 198 valence electrons. The Hall–Kier alpha value is -2.86. The van der Waals surface area contributed by atoms with Gasteiger partial charge in [-0.15, -0.1) is 0 Å². The fraction of sp³-hybridized carbons (Fsp3) is 0.346. The molecule has 1 N–H and O–H groups in total. The number of nitrogens with one attached hydrogen (secondary N) is 1. The number of rotatable bonds is 6. The van der Waals surface area contributed by atoms with Gasteiger partial charge in [0.25, 0.3) is 11.1 Å². The average Bonchev–Trinajstić information content (AvgIpc) is 3.64. The van der Waals surface area contributed by atoms with Gasteiger partial charge >= 0.3 is 6.18 Å². The molecule has 3 aliphatic rings. The third-order valence-electron chi connectivity index (χ3n) is 7.32. The van der Waals surface area contributed by atoms with Crippen molar-refractivity contribution in [1.82, 2.24) is 24.9 Å². The van der Waals surface area contributed by atoms with Gasteiger partial charge in [0, 0.05) is 48.7 Å². The quantitative estimate of drug-likeness (QED) is 0.434. The van der Waals surface area contributed by atoms with Crippen LogP contribution in [0.25, 0.3) is 17.0 Å². The predicted octanol–water partition coefficient (Wildman–Crippen LogP) is 4.84. The minimum atomic E-state index is -4.54. The molecular formula is C26H23ClF3N5O2S. The second-order valence-corrected chi connectivity index (χ2v) is 11.2. The van der Waals surface area contributed by atoms with E-state index in [1.165, 1.54) is 21.7 Å². The lowest BCUT2D eigenvalue weighted by Crippen LogP contribution is -2.46. The first-order valence-corrected chi connectivity index (χ1v) is 13.4. The Balaban J connectivity index is 1.17. The average molecular weight is 562 g/mol. The largest absolute Gasteiger partial charge is 0.416 e. The minimum absolute atomic E-state index is 0.0146. The van der Waals surface area contributed by atoms with Crippen molar-refractivity contribution >= 4 is 51.5 Å². The normalized spacial score (nSPS) is 23.1. The molecule has 2 aromatic carbocycles. The molecule has 38 heavy (non-hydrogen) atoms. The SMILES string of the molecule is O=C1SC(=Cc2ccc3c(cnn3Cc3ccc(Cl)cc3C(F)(F)F)c2)C(=O)N1CCN1C[C@@H]2C[C@H]1CN2. The first-order valence-electron chi connectivity index (χ1n) is 12.2. The van der Waals surface area contributed by atoms with Gasteiger partial charge in [0.15, 0.2) is 0 Å². The highest BCUT2D eigenvalue weighted by Gasteiger charge is 2.40. The maximum absolute atomic E-state index is 13.5. The van der Waals surface area contributed by atoms with E-state index in [4.69, 9.17) is 11.6 Å². The van der Waals surface area contributed by atoms with Crippen LogP contribution in [-0.4, -0.2) is 69.0 Å². The number of benzene rings is 2. The lowest BCUT2D eigenvalue weighted by Gasteiger charge is -2.28. The summed E-state index contributed by atoms with van der Waals surface area (Å²) in [6.45, 7) is 2.85. The van der Waals surface area contributed by atoms with Crippen LogP contribution >= 0.6 is 23.4 Å². The Morgan fingerprint density at radius 3 is 2.74 bits per heavy atom. The smallest absolute Gasteiger partial charge is 0.311 e. The summed E-state index contributed by atoms with van der Waals surface area (Å²) >= 11 is 6.72. The molecule has 7 nitrogen and oxygen atoms in total. The number of imide groups is 1. The second-order valence-electron chi connectivity index (χ2n) is 9.74. The molecule has 0 radical (unpaired) electrons. The summed E-state index contributed by atoms with van der Waals surface area (Å²) < 4.78 is 42.0. The van der Waals surface area contributed by atoms with Crippen LogP contribution in [-0.2, 0) is 17.5 Å². The van der Waals surface area contributed by atoms with Crippen molar-refractivity contribution in [2.24, 2.45) is 0 Å². The Kier molecular flexibility index (Phi) is 6.50. The van der Waals surface area contributed by atoms with Gasteiger partial charge in [-0.1, -0.05) is 23.7 Å². The number of hydrogen-bond donors (Lipinski definition) is 1. The lowest BCUT2D eigenvalue weighted by atomic mass is 10.1. The van der Waals surface area contributed by atoms with Gasteiger partial charge < -0.3 is 5.32 Å². The van der Waals surface area contributed by atoms with Crippen molar-refractivity contribution in [2.45, 2.75) is 31.2 Å². The van der Waals surface area contributed by atoms with Crippen molar-refractivity contribution in [3.05, 3.63) is 69.2 Å². The van der Waals surface area contributed by atoms with Crippen LogP contribution in [0.4, 0.5) is 18.0 Å². The number of piperazine rings is 1. The number of carbonyl (C=O) groups excluding carboxylic acids is 2. The number of hydrogen-bond acceptors (Lipinski definition) is 6. The van der Waals surface area contributed by atoms with Gasteiger partial charge in [0.2, 0.25) is 0 Å². The van der Waals surface area contributed by atoms with Gasteiger partial charge in [0.1, 0.15) is 0 Å². The zero-order valence-electron chi connectivity index (χ0n) is 20.0. The molecule has 2 bridgehead atoms. The summed E-state index contributed by atoms with van der Waals surface area (Å²) in [5.74, 6) is -0.305. The molecule has 3 aromatic rings.